The van der Waals surface area contributed by atoms with Gasteiger partial charge >= 0.3 is 0 Å². The Morgan fingerprint density at radius 1 is 1.11 bits per heavy atom. The van der Waals surface area contributed by atoms with Crippen LogP contribution in [0.4, 0.5) is 0 Å². The Hall–Kier alpha value is -0.960. The maximum absolute atomic E-state index is 9.61. The standard InChI is InChI=1S/C11H16O7/c1-5-2-3-6(17-5)4-16-11-9(14)7(12)8(13)10(15)18-11/h2-3,7-15H,4H2,1H3. The maximum atomic E-state index is 9.61. The van der Waals surface area contributed by atoms with Crippen molar-refractivity contribution in [2.24, 2.45) is 0 Å². The van der Waals surface area contributed by atoms with E-state index in [0.29, 0.717) is 11.5 Å². The number of furan rings is 1. The molecule has 0 spiro atoms. The number of ether oxygens (including phenoxy) is 2. The van der Waals surface area contributed by atoms with Crippen LogP contribution in [0.3, 0.4) is 0 Å². The fourth-order valence-electron chi connectivity index (χ4n) is 1.69. The van der Waals surface area contributed by atoms with Gasteiger partial charge in [-0.3, -0.25) is 0 Å². The minimum absolute atomic E-state index is 0.0190. The first kappa shape index (κ1) is 13.5. The predicted molar refractivity (Wildman–Crippen MR) is 57.1 cm³/mol. The molecule has 0 radical (unpaired) electrons. The Morgan fingerprint density at radius 2 is 1.83 bits per heavy atom. The average molecular weight is 260 g/mol. The highest BCUT2D eigenvalue weighted by atomic mass is 16.7. The van der Waals surface area contributed by atoms with Crippen molar-refractivity contribution < 1.29 is 34.3 Å². The quantitative estimate of drug-likeness (QED) is 0.543. The largest absolute Gasteiger partial charge is 0.464 e. The van der Waals surface area contributed by atoms with Crippen LogP contribution in [0.25, 0.3) is 0 Å². The third-order valence-electron chi connectivity index (χ3n) is 2.73. The molecule has 1 aliphatic heterocycles. The molecule has 2 heterocycles. The average Bonchev–Trinajstić information content (AvgIpc) is 2.75. The number of aryl methyl sites for hydroxylation is 1. The minimum atomic E-state index is -1.60. The smallest absolute Gasteiger partial charge is 0.189 e. The predicted octanol–water partition coefficient (Wildman–Crippen LogP) is -1.14. The zero-order valence-electron chi connectivity index (χ0n) is 9.76. The Balaban J connectivity index is 1.92. The normalized spacial score (nSPS) is 36.8. The molecule has 7 nitrogen and oxygen atoms in total. The first-order valence-corrected chi connectivity index (χ1v) is 5.53. The molecule has 5 unspecified atom stereocenters. The lowest BCUT2D eigenvalue weighted by Crippen LogP contribution is -2.58. The van der Waals surface area contributed by atoms with Crippen LogP contribution in [-0.4, -0.2) is 51.3 Å². The summed E-state index contributed by atoms with van der Waals surface area (Å²) in [5.41, 5.74) is 0. The Kier molecular flexibility index (Phi) is 4.00. The number of aliphatic hydroxyl groups is 4. The topological polar surface area (TPSA) is 113 Å². The van der Waals surface area contributed by atoms with Gasteiger partial charge in [-0.2, -0.15) is 0 Å². The van der Waals surface area contributed by atoms with E-state index in [1.165, 1.54) is 0 Å². The molecule has 2 rings (SSSR count). The molecule has 5 atom stereocenters. The van der Waals surface area contributed by atoms with Crippen molar-refractivity contribution in [2.45, 2.75) is 44.4 Å². The summed E-state index contributed by atoms with van der Waals surface area (Å²) in [6.45, 7) is 1.80. The third-order valence-corrected chi connectivity index (χ3v) is 2.73. The van der Waals surface area contributed by atoms with Crippen LogP contribution < -0.4 is 0 Å². The summed E-state index contributed by atoms with van der Waals surface area (Å²) in [5, 5.41) is 37.6. The molecule has 0 bridgehead atoms. The van der Waals surface area contributed by atoms with E-state index in [1.807, 2.05) is 0 Å². The highest BCUT2D eigenvalue weighted by Crippen LogP contribution is 2.21. The first-order valence-electron chi connectivity index (χ1n) is 5.53. The second-order valence-electron chi connectivity index (χ2n) is 4.19. The third kappa shape index (κ3) is 2.72. The summed E-state index contributed by atoms with van der Waals surface area (Å²) in [5.74, 6) is 1.24. The van der Waals surface area contributed by atoms with Crippen molar-refractivity contribution in [3.63, 3.8) is 0 Å². The van der Waals surface area contributed by atoms with Crippen LogP contribution in [0.2, 0.25) is 0 Å². The Labute approximate surface area is 103 Å². The summed E-state index contributed by atoms with van der Waals surface area (Å²) in [6, 6.07) is 3.45. The highest BCUT2D eigenvalue weighted by molar-refractivity contribution is 5.04. The maximum Gasteiger partial charge on any atom is 0.189 e. The lowest BCUT2D eigenvalue weighted by Gasteiger charge is -2.37. The van der Waals surface area contributed by atoms with E-state index < -0.39 is 30.9 Å². The van der Waals surface area contributed by atoms with Gasteiger partial charge in [0, 0.05) is 0 Å². The van der Waals surface area contributed by atoms with Crippen LogP contribution in [0.15, 0.2) is 16.5 Å². The molecule has 1 saturated heterocycles. The van der Waals surface area contributed by atoms with Gasteiger partial charge in [-0.1, -0.05) is 0 Å². The van der Waals surface area contributed by atoms with Crippen LogP contribution in [0.1, 0.15) is 11.5 Å². The zero-order valence-corrected chi connectivity index (χ0v) is 9.76. The molecule has 102 valence electrons. The van der Waals surface area contributed by atoms with Crippen molar-refractivity contribution in [3.05, 3.63) is 23.7 Å². The lowest BCUT2D eigenvalue weighted by molar-refractivity contribution is -0.343. The highest BCUT2D eigenvalue weighted by Gasteiger charge is 2.43. The van der Waals surface area contributed by atoms with Crippen molar-refractivity contribution in [2.75, 3.05) is 0 Å². The lowest BCUT2D eigenvalue weighted by atomic mass is 10.0. The molecule has 1 aromatic rings. The fourth-order valence-corrected chi connectivity index (χ4v) is 1.69. The molecule has 0 amide bonds. The van der Waals surface area contributed by atoms with Crippen LogP contribution in [0.5, 0.6) is 0 Å². The molecule has 0 saturated carbocycles. The molecule has 7 heteroatoms. The molecule has 4 N–H and O–H groups in total. The number of hydrogen-bond acceptors (Lipinski definition) is 7. The van der Waals surface area contributed by atoms with Crippen molar-refractivity contribution in [3.8, 4) is 0 Å². The van der Waals surface area contributed by atoms with Crippen molar-refractivity contribution >= 4 is 0 Å². The summed E-state index contributed by atoms with van der Waals surface area (Å²) >= 11 is 0. The summed E-state index contributed by atoms with van der Waals surface area (Å²) in [7, 11) is 0. The van der Waals surface area contributed by atoms with Gasteiger partial charge in [0.25, 0.3) is 0 Å². The van der Waals surface area contributed by atoms with E-state index in [0.717, 1.165) is 0 Å². The fraction of sp³-hybridized carbons (Fsp3) is 0.636. The monoisotopic (exact) mass is 260 g/mol. The van der Waals surface area contributed by atoms with Gasteiger partial charge in [-0.15, -0.1) is 0 Å². The van der Waals surface area contributed by atoms with Gasteiger partial charge < -0.3 is 34.3 Å². The summed E-state index contributed by atoms with van der Waals surface area (Å²) in [4.78, 5) is 0. The van der Waals surface area contributed by atoms with Crippen molar-refractivity contribution in [1.82, 2.24) is 0 Å². The molecular weight excluding hydrogens is 244 g/mol. The van der Waals surface area contributed by atoms with E-state index in [2.05, 4.69) is 0 Å². The number of aliphatic hydroxyl groups excluding tert-OH is 4. The molecule has 1 aromatic heterocycles. The van der Waals surface area contributed by atoms with Crippen LogP contribution >= 0.6 is 0 Å². The molecule has 18 heavy (non-hydrogen) atoms. The van der Waals surface area contributed by atoms with Gasteiger partial charge in [0.1, 0.15) is 36.4 Å². The molecule has 0 aromatic carbocycles. The van der Waals surface area contributed by atoms with E-state index >= 15 is 0 Å². The van der Waals surface area contributed by atoms with E-state index in [-0.39, 0.29) is 6.61 Å². The molecular formula is C11H16O7. The van der Waals surface area contributed by atoms with Crippen molar-refractivity contribution in [1.29, 1.82) is 0 Å². The van der Waals surface area contributed by atoms with E-state index in [1.54, 1.807) is 19.1 Å². The van der Waals surface area contributed by atoms with E-state index in [4.69, 9.17) is 13.9 Å². The molecule has 0 aliphatic carbocycles. The molecule has 1 fully saturated rings. The molecule has 1 aliphatic rings. The zero-order chi connectivity index (χ0) is 13.3. The first-order chi connectivity index (χ1) is 8.49. The summed E-state index contributed by atoms with van der Waals surface area (Å²) in [6.07, 6.45) is -7.38. The van der Waals surface area contributed by atoms with Gasteiger partial charge in [-0.25, -0.2) is 0 Å². The Morgan fingerprint density at radius 3 is 2.44 bits per heavy atom. The van der Waals surface area contributed by atoms with Gasteiger partial charge in [0.2, 0.25) is 0 Å². The van der Waals surface area contributed by atoms with Gasteiger partial charge in [-0.05, 0) is 19.1 Å². The van der Waals surface area contributed by atoms with Gasteiger partial charge in [0.05, 0.1) is 0 Å². The minimum Gasteiger partial charge on any atom is -0.464 e. The number of hydrogen-bond donors (Lipinski definition) is 4. The Bertz CT molecular complexity index is 390. The van der Waals surface area contributed by atoms with E-state index in [9.17, 15) is 20.4 Å². The summed E-state index contributed by atoms with van der Waals surface area (Å²) < 4.78 is 15.3. The van der Waals surface area contributed by atoms with Crippen LogP contribution in [-0.2, 0) is 16.1 Å². The second-order valence-corrected chi connectivity index (χ2v) is 4.19. The van der Waals surface area contributed by atoms with Gasteiger partial charge in [0.15, 0.2) is 12.6 Å². The van der Waals surface area contributed by atoms with Crippen LogP contribution in [0, 0.1) is 6.92 Å². The number of rotatable bonds is 3. The second kappa shape index (κ2) is 5.35. The SMILES string of the molecule is Cc1ccc(COC2OC(O)C(O)C(O)C2O)o1.